The van der Waals surface area contributed by atoms with Crippen molar-refractivity contribution in [1.29, 1.82) is 0 Å². The van der Waals surface area contributed by atoms with Gasteiger partial charge in [0.05, 0.1) is 0 Å². The first-order chi connectivity index (χ1) is 26.5. The van der Waals surface area contributed by atoms with Crippen molar-refractivity contribution in [2.45, 2.75) is 57.3 Å². The Bertz CT molecular complexity index is 2440. The first-order valence-corrected chi connectivity index (χ1v) is 19.5. The molecule has 7 aromatic carbocycles. The normalized spacial score (nSPS) is 13.7. The van der Waals surface area contributed by atoms with Crippen LogP contribution in [0.3, 0.4) is 0 Å². The summed E-state index contributed by atoms with van der Waals surface area (Å²) in [5, 5.41) is 2.29. The lowest BCUT2D eigenvalue weighted by Gasteiger charge is -2.30. The Balaban J connectivity index is 1.05. The van der Waals surface area contributed by atoms with Crippen molar-refractivity contribution in [2.75, 3.05) is 9.80 Å². The van der Waals surface area contributed by atoms with Crippen LogP contribution in [0.2, 0.25) is 0 Å². The van der Waals surface area contributed by atoms with Gasteiger partial charge in [0.2, 0.25) is 0 Å². The third-order valence-electron chi connectivity index (χ3n) is 11.6. The minimum Gasteiger partial charge on any atom is -0.456 e. The molecule has 3 nitrogen and oxygen atoms in total. The average molecular weight is 703 g/mol. The molecule has 0 radical (unpaired) electrons. The van der Waals surface area contributed by atoms with Crippen LogP contribution < -0.4 is 9.80 Å². The monoisotopic (exact) mass is 702 g/mol. The van der Waals surface area contributed by atoms with Gasteiger partial charge in [-0.2, -0.15) is 0 Å². The molecule has 1 fully saturated rings. The number of anilines is 6. The fourth-order valence-electron chi connectivity index (χ4n) is 8.45. The van der Waals surface area contributed by atoms with Crippen LogP contribution in [0.15, 0.2) is 180 Å². The zero-order valence-electron chi connectivity index (χ0n) is 31.2. The SMILES string of the molecule is CC(C)(c1ccc(N(c2ccccc2)c2ccccc2)cc1)c1ccc(N(c2ccc(C3CCCCC3)cc2)c2ccc3c(c2)oc2ccccc23)cc1. The number of hydrogen-bond donors (Lipinski definition) is 0. The van der Waals surface area contributed by atoms with Gasteiger partial charge < -0.3 is 14.2 Å². The third-order valence-corrected chi connectivity index (χ3v) is 11.6. The highest BCUT2D eigenvalue weighted by molar-refractivity contribution is 6.06. The van der Waals surface area contributed by atoms with Crippen LogP contribution in [0.4, 0.5) is 34.1 Å². The van der Waals surface area contributed by atoms with E-state index in [1.165, 1.54) is 48.8 Å². The Morgan fingerprint density at radius 3 is 1.44 bits per heavy atom. The van der Waals surface area contributed by atoms with Gasteiger partial charge in [-0.15, -0.1) is 0 Å². The predicted molar refractivity (Wildman–Crippen MR) is 227 cm³/mol. The second kappa shape index (κ2) is 14.4. The molecule has 54 heavy (non-hydrogen) atoms. The average Bonchev–Trinajstić information content (AvgIpc) is 3.61. The molecule has 0 N–H and O–H groups in total. The molecule has 1 heterocycles. The standard InChI is InChI=1S/C51H46N2O/c1-51(2,39-24-30-44(31-25-39)52(41-16-8-4-9-17-41)42-18-10-5-11-19-42)40-26-32-45(33-27-40)53(43-28-22-38(23-29-43)37-14-6-3-7-15-37)46-34-35-48-47-20-12-13-21-49(47)54-50(48)36-46/h4-5,8-13,16-37H,3,6-7,14-15H2,1-2H3. The number of hydrogen-bond acceptors (Lipinski definition) is 3. The Morgan fingerprint density at radius 2 is 0.870 bits per heavy atom. The van der Waals surface area contributed by atoms with Gasteiger partial charge in [0.25, 0.3) is 0 Å². The number of rotatable bonds is 9. The second-order valence-corrected chi connectivity index (χ2v) is 15.3. The minimum atomic E-state index is -0.207. The molecular weight excluding hydrogens is 657 g/mol. The molecule has 1 aromatic heterocycles. The molecule has 1 aliphatic rings. The van der Waals surface area contributed by atoms with E-state index in [-0.39, 0.29) is 5.41 Å². The molecular formula is C51H46N2O. The van der Waals surface area contributed by atoms with Crippen LogP contribution in [0.1, 0.15) is 68.6 Å². The van der Waals surface area contributed by atoms with Gasteiger partial charge in [-0.05, 0) is 114 Å². The molecule has 3 heteroatoms. The highest BCUT2D eigenvalue weighted by Crippen LogP contribution is 2.42. The van der Waals surface area contributed by atoms with Crippen molar-refractivity contribution in [2.24, 2.45) is 0 Å². The van der Waals surface area contributed by atoms with Crippen LogP contribution in [0.5, 0.6) is 0 Å². The highest BCUT2D eigenvalue weighted by Gasteiger charge is 2.25. The molecule has 0 spiro atoms. The third kappa shape index (κ3) is 6.45. The van der Waals surface area contributed by atoms with E-state index in [4.69, 9.17) is 4.42 Å². The van der Waals surface area contributed by atoms with E-state index < -0.39 is 0 Å². The second-order valence-electron chi connectivity index (χ2n) is 15.3. The van der Waals surface area contributed by atoms with Gasteiger partial charge in [-0.3, -0.25) is 0 Å². The van der Waals surface area contributed by atoms with E-state index in [0.717, 1.165) is 56.1 Å². The van der Waals surface area contributed by atoms with Crippen LogP contribution in [-0.4, -0.2) is 0 Å². The first kappa shape index (κ1) is 33.8. The molecule has 0 saturated heterocycles. The molecule has 9 rings (SSSR count). The highest BCUT2D eigenvalue weighted by atomic mass is 16.3. The van der Waals surface area contributed by atoms with E-state index >= 15 is 0 Å². The topological polar surface area (TPSA) is 19.6 Å². The molecule has 266 valence electrons. The summed E-state index contributed by atoms with van der Waals surface area (Å²) in [6.45, 7) is 4.64. The van der Waals surface area contributed by atoms with Gasteiger partial charge in [0.1, 0.15) is 11.2 Å². The van der Waals surface area contributed by atoms with E-state index in [2.05, 4.69) is 187 Å². The predicted octanol–water partition coefficient (Wildman–Crippen LogP) is 14.9. The molecule has 0 bridgehead atoms. The maximum Gasteiger partial charge on any atom is 0.137 e. The van der Waals surface area contributed by atoms with E-state index in [0.29, 0.717) is 5.92 Å². The van der Waals surface area contributed by atoms with Gasteiger partial charge in [0, 0.05) is 56.4 Å². The van der Waals surface area contributed by atoms with E-state index in [1.54, 1.807) is 0 Å². The number of furan rings is 1. The van der Waals surface area contributed by atoms with Crippen molar-refractivity contribution in [1.82, 2.24) is 0 Å². The number of para-hydroxylation sites is 3. The maximum absolute atomic E-state index is 6.37. The number of fused-ring (bicyclic) bond motifs is 3. The molecule has 0 unspecified atom stereocenters. The summed E-state index contributed by atoms with van der Waals surface area (Å²) in [6, 6.07) is 63.6. The Hall–Kier alpha value is -6.06. The quantitative estimate of drug-likeness (QED) is 0.149. The van der Waals surface area contributed by atoms with Crippen molar-refractivity contribution in [3.63, 3.8) is 0 Å². The molecule has 1 saturated carbocycles. The van der Waals surface area contributed by atoms with Crippen molar-refractivity contribution in [3.05, 3.63) is 193 Å². The Labute approximate surface area is 319 Å². The Kier molecular flexibility index (Phi) is 9.00. The van der Waals surface area contributed by atoms with E-state index in [1.807, 2.05) is 12.1 Å². The summed E-state index contributed by atoms with van der Waals surface area (Å²) in [5.41, 5.74) is 12.4. The molecule has 1 aliphatic carbocycles. The zero-order chi connectivity index (χ0) is 36.5. The summed E-state index contributed by atoms with van der Waals surface area (Å²) >= 11 is 0. The number of nitrogens with zero attached hydrogens (tertiary/aromatic N) is 2. The van der Waals surface area contributed by atoms with Crippen molar-refractivity contribution < 1.29 is 4.42 Å². The summed E-state index contributed by atoms with van der Waals surface area (Å²) in [4.78, 5) is 4.68. The van der Waals surface area contributed by atoms with Crippen LogP contribution >= 0.6 is 0 Å². The summed E-state index contributed by atoms with van der Waals surface area (Å²) < 4.78 is 6.37. The van der Waals surface area contributed by atoms with Gasteiger partial charge >= 0.3 is 0 Å². The van der Waals surface area contributed by atoms with Crippen molar-refractivity contribution in [3.8, 4) is 0 Å². The first-order valence-electron chi connectivity index (χ1n) is 19.5. The van der Waals surface area contributed by atoms with Gasteiger partial charge in [0.15, 0.2) is 0 Å². The van der Waals surface area contributed by atoms with Gasteiger partial charge in [-0.1, -0.05) is 124 Å². The van der Waals surface area contributed by atoms with Crippen LogP contribution in [0, 0.1) is 0 Å². The fraction of sp³-hybridized carbons (Fsp3) is 0.176. The molecule has 0 atom stereocenters. The summed E-state index contributed by atoms with van der Waals surface area (Å²) in [5.74, 6) is 0.670. The smallest absolute Gasteiger partial charge is 0.137 e. The lowest BCUT2D eigenvalue weighted by Crippen LogP contribution is -2.19. The van der Waals surface area contributed by atoms with Crippen molar-refractivity contribution >= 4 is 56.1 Å². The molecule has 8 aromatic rings. The van der Waals surface area contributed by atoms with Crippen LogP contribution in [0.25, 0.3) is 21.9 Å². The number of benzene rings is 7. The fourth-order valence-corrected chi connectivity index (χ4v) is 8.45. The minimum absolute atomic E-state index is 0.207. The summed E-state index contributed by atoms with van der Waals surface area (Å²) in [6.07, 6.45) is 6.63. The van der Waals surface area contributed by atoms with E-state index in [9.17, 15) is 0 Å². The maximum atomic E-state index is 6.37. The molecule has 0 amide bonds. The lowest BCUT2D eigenvalue weighted by atomic mass is 9.78. The largest absolute Gasteiger partial charge is 0.456 e. The molecule has 0 aliphatic heterocycles. The zero-order valence-corrected chi connectivity index (χ0v) is 31.2. The summed E-state index contributed by atoms with van der Waals surface area (Å²) in [7, 11) is 0. The van der Waals surface area contributed by atoms with Crippen LogP contribution in [-0.2, 0) is 5.41 Å². The lowest BCUT2D eigenvalue weighted by molar-refractivity contribution is 0.443. The van der Waals surface area contributed by atoms with Gasteiger partial charge in [-0.25, -0.2) is 0 Å². The Morgan fingerprint density at radius 1 is 0.426 bits per heavy atom.